The van der Waals surface area contributed by atoms with E-state index in [-0.39, 0.29) is 17.0 Å². The number of aromatic nitrogens is 2. The number of fused-ring (bicyclic) bond motifs is 1. The SMILES string of the molecule is Cn1cc(-c2cc(CS(C)(=O)=O)ccc2Nc2ccc(F)cc2F)c2cc[nH]c(=O)c21. The summed E-state index contributed by atoms with van der Waals surface area (Å²) in [5, 5.41) is 3.62. The van der Waals surface area contributed by atoms with Crippen molar-refractivity contribution in [1.82, 2.24) is 9.55 Å². The van der Waals surface area contributed by atoms with Crippen molar-refractivity contribution in [2.75, 3.05) is 11.6 Å². The molecule has 4 rings (SSSR count). The quantitative estimate of drug-likeness (QED) is 0.487. The minimum atomic E-state index is -3.29. The van der Waals surface area contributed by atoms with Gasteiger partial charge in [-0.05, 0) is 35.9 Å². The molecule has 0 fully saturated rings. The molecule has 6 nitrogen and oxygen atoms in total. The Kier molecular flexibility index (Phi) is 5.14. The Morgan fingerprint density at radius 3 is 2.48 bits per heavy atom. The van der Waals surface area contributed by atoms with Gasteiger partial charge in [-0.1, -0.05) is 6.07 Å². The molecule has 0 spiro atoms. The molecule has 0 bridgehead atoms. The van der Waals surface area contributed by atoms with E-state index in [1.165, 1.54) is 12.3 Å². The Balaban J connectivity index is 1.93. The van der Waals surface area contributed by atoms with Gasteiger partial charge in [-0.2, -0.15) is 0 Å². The number of rotatable bonds is 5. The number of halogens is 2. The van der Waals surface area contributed by atoms with Crippen molar-refractivity contribution in [2.24, 2.45) is 7.05 Å². The summed E-state index contributed by atoms with van der Waals surface area (Å²) in [5.74, 6) is -1.63. The Labute approximate surface area is 177 Å². The van der Waals surface area contributed by atoms with E-state index < -0.39 is 21.5 Å². The van der Waals surface area contributed by atoms with Crippen LogP contribution in [-0.2, 0) is 22.6 Å². The van der Waals surface area contributed by atoms with Gasteiger partial charge in [0.25, 0.3) is 5.56 Å². The van der Waals surface area contributed by atoms with E-state index in [2.05, 4.69) is 10.3 Å². The minimum absolute atomic E-state index is 0.0663. The van der Waals surface area contributed by atoms with Crippen LogP contribution in [0.5, 0.6) is 0 Å². The standard InChI is InChI=1S/C22H19F2N3O3S/c1-27-11-17(15-7-8-25-22(28)21(15)27)16-9-13(12-31(2,29)30)3-5-19(16)26-20-6-4-14(23)10-18(20)24/h3-11,26H,12H2,1-2H3,(H,25,28). The van der Waals surface area contributed by atoms with Crippen molar-refractivity contribution < 1.29 is 17.2 Å². The van der Waals surface area contributed by atoms with Crippen molar-refractivity contribution in [3.8, 4) is 11.1 Å². The number of aromatic amines is 1. The number of nitrogens with one attached hydrogen (secondary N) is 2. The number of pyridine rings is 1. The number of anilines is 2. The summed E-state index contributed by atoms with van der Waals surface area (Å²) in [5.41, 5.74) is 2.53. The molecule has 0 amide bonds. The van der Waals surface area contributed by atoms with E-state index >= 15 is 0 Å². The van der Waals surface area contributed by atoms with Crippen molar-refractivity contribution in [2.45, 2.75) is 5.75 Å². The molecular formula is C22H19F2N3O3S. The van der Waals surface area contributed by atoms with E-state index in [0.717, 1.165) is 18.4 Å². The summed E-state index contributed by atoms with van der Waals surface area (Å²) in [6.07, 6.45) is 4.43. The lowest BCUT2D eigenvalue weighted by atomic mass is 10.0. The Hall–Kier alpha value is -3.46. The molecule has 0 unspecified atom stereocenters. The highest BCUT2D eigenvalue weighted by Crippen LogP contribution is 2.36. The van der Waals surface area contributed by atoms with Crippen LogP contribution in [0, 0.1) is 11.6 Å². The minimum Gasteiger partial charge on any atom is -0.353 e. The van der Waals surface area contributed by atoms with Crippen molar-refractivity contribution in [3.63, 3.8) is 0 Å². The first-order valence-electron chi connectivity index (χ1n) is 9.32. The Bertz CT molecular complexity index is 1470. The van der Waals surface area contributed by atoms with Crippen LogP contribution < -0.4 is 10.9 Å². The highest BCUT2D eigenvalue weighted by atomic mass is 32.2. The lowest BCUT2D eigenvalue weighted by Crippen LogP contribution is -2.07. The Morgan fingerprint density at radius 1 is 1.03 bits per heavy atom. The lowest BCUT2D eigenvalue weighted by Gasteiger charge is -2.14. The molecule has 9 heteroatoms. The van der Waals surface area contributed by atoms with Crippen LogP contribution in [0.1, 0.15) is 5.56 Å². The van der Waals surface area contributed by atoms with Gasteiger partial charge in [0.1, 0.15) is 17.2 Å². The zero-order valence-electron chi connectivity index (χ0n) is 16.7. The Morgan fingerprint density at radius 2 is 1.77 bits per heavy atom. The third kappa shape index (κ3) is 4.22. The maximum atomic E-state index is 14.3. The molecular weight excluding hydrogens is 424 g/mol. The number of benzene rings is 2. The molecule has 0 saturated carbocycles. The average Bonchev–Trinajstić information content (AvgIpc) is 3.01. The molecule has 31 heavy (non-hydrogen) atoms. The molecule has 4 aromatic rings. The van der Waals surface area contributed by atoms with Crippen LogP contribution in [0.4, 0.5) is 20.2 Å². The normalized spacial score (nSPS) is 11.7. The van der Waals surface area contributed by atoms with E-state index in [1.807, 2.05) is 0 Å². The number of aryl methyl sites for hydroxylation is 1. The first-order chi connectivity index (χ1) is 14.6. The van der Waals surface area contributed by atoms with E-state index in [0.29, 0.717) is 33.3 Å². The van der Waals surface area contributed by atoms with Crippen LogP contribution in [-0.4, -0.2) is 24.2 Å². The van der Waals surface area contributed by atoms with E-state index in [1.54, 1.807) is 42.1 Å². The fourth-order valence-corrected chi connectivity index (χ4v) is 4.42. The summed E-state index contributed by atoms with van der Waals surface area (Å²) >= 11 is 0. The molecule has 0 radical (unpaired) electrons. The second-order valence-electron chi connectivity index (χ2n) is 7.42. The second-order valence-corrected chi connectivity index (χ2v) is 9.56. The first kappa shape index (κ1) is 20.8. The molecule has 2 aromatic heterocycles. The van der Waals surface area contributed by atoms with Gasteiger partial charge in [-0.25, -0.2) is 17.2 Å². The summed E-state index contributed by atoms with van der Waals surface area (Å²) < 4.78 is 52.8. The van der Waals surface area contributed by atoms with E-state index in [4.69, 9.17) is 0 Å². The zero-order valence-corrected chi connectivity index (χ0v) is 17.6. The first-order valence-corrected chi connectivity index (χ1v) is 11.4. The molecule has 0 aliphatic carbocycles. The van der Waals surface area contributed by atoms with Crippen LogP contribution >= 0.6 is 0 Å². The maximum Gasteiger partial charge on any atom is 0.272 e. The fourth-order valence-electron chi connectivity index (χ4n) is 3.63. The molecule has 0 aliphatic heterocycles. The maximum absolute atomic E-state index is 14.3. The predicted molar refractivity (Wildman–Crippen MR) is 117 cm³/mol. The second kappa shape index (κ2) is 7.66. The molecule has 0 atom stereocenters. The molecule has 0 saturated heterocycles. The molecule has 2 aromatic carbocycles. The number of sulfone groups is 1. The van der Waals surface area contributed by atoms with Gasteiger partial charge < -0.3 is 14.9 Å². The van der Waals surface area contributed by atoms with Crippen LogP contribution in [0.25, 0.3) is 22.0 Å². The lowest BCUT2D eigenvalue weighted by molar-refractivity contribution is 0.586. The van der Waals surface area contributed by atoms with Gasteiger partial charge in [0.05, 0.1) is 11.4 Å². The van der Waals surface area contributed by atoms with Gasteiger partial charge >= 0.3 is 0 Å². The summed E-state index contributed by atoms with van der Waals surface area (Å²) in [7, 11) is -1.56. The summed E-state index contributed by atoms with van der Waals surface area (Å²) in [6, 6.07) is 9.92. The van der Waals surface area contributed by atoms with Crippen molar-refractivity contribution >= 4 is 32.1 Å². The van der Waals surface area contributed by atoms with Gasteiger partial charge in [-0.3, -0.25) is 4.79 Å². The highest BCUT2D eigenvalue weighted by Gasteiger charge is 2.17. The molecule has 0 aliphatic rings. The fraction of sp³-hybridized carbons (Fsp3) is 0.136. The van der Waals surface area contributed by atoms with Crippen LogP contribution in [0.2, 0.25) is 0 Å². The smallest absolute Gasteiger partial charge is 0.272 e. The largest absolute Gasteiger partial charge is 0.353 e. The molecule has 2 heterocycles. The van der Waals surface area contributed by atoms with Gasteiger partial charge in [0.15, 0.2) is 9.84 Å². The number of hydrogen-bond donors (Lipinski definition) is 2. The third-order valence-corrected chi connectivity index (χ3v) is 5.76. The van der Waals surface area contributed by atoms with Crippen molar-refractivity contribution in [3.05, 3.63) is 82.4 Å². The predicted octanol–water partition coefficient (Wildman–Crippen LogP) is 4.10. The monoisotopic (exact) mass is 443 g/mol. The number of hydrogen-bond acceptors (Lipinski definition) is 4. The average molecular weight is 443 g/mol. The van der Waals surface area contributed by atoms with Gasteiger partial charge in [0, 0.05) is 54.0 Å². The number of nitrogens with zero attached hydrogens (tertiary/aromatic N) is 1. The zero-order chi connectivity index (χ0) is 22.3. The highest BCUT2D eigenvalue weighted by molar-refractivity contribution is 7.89. The van der Waals surface area contributed by atoms with Gasteiger partial charge in [-0.15, -0.1) is 0 Å². The summed E-state index contributed by atoms with van der Waals surface area (Å²) in [4.78, 5) is 14.9. The van der Waals surface area contributed by atoms with E-state index in [9.17, 15) is 22.0 Å². The number of H-pyrrole nitrogens is 1. The third-order valence-electron chi connectivity index (χ3n) is 4.90. The molecule has 160 valence electrons. The van der Waals surface area contributed by atoms with Gasteiger partial charge in [0.2, 0.25) is 0 Å². The van der Waals surface area contributed by atoms with Crippen LogP contribution in [0.15, 0.2) is 59.7 Å². The van der Waals surface area contributed by atoms with Crippen molar-refractivity contribution in [1.29, 1.82) is 0 Å². The summed E-state index contributed by atoms with van der Waals surface area (Å²) in [6.45, 7) is 0. The molecule has 2 N–H and O–H groups in total. The topological polar surface area (TPSA) is 84.0 Å². The van der Waals surface area contributed by atoms with Crippen LogP contribution in [0.3, 0.4) is 0 Å².